The van der Waals surface area contributed by atoms with Crippen LogP contribution in [-0.4, -0.2) is 28.0 Å². The van der Waals surface area contributed by atoms with E-state index >= 15 is 0 Å². The highest BCUT2D eigenvalue weighted by Gasteiger charge is 1.97. The van der Waals surface area contributed by atoms with E-state index in [9.17, 15) is 0 Å². The van der Waals surface area contributed by atoms with Crippen LogP contribution in [0.15, 0.2) is 23.9 Å². The fourth-order valence-electron chi connectivity index (χ4n) is 1.17. The van der Waals surface area contributed by atoms with Crippen LogP contribution in [0, 0.1) is 0 Å². The average Bonchev–Trinajstić information content (AvgIpc) is 2.51. The first-order chi connectivity index (χ1) is 6.27. The maximum absolute atomic E-state index is 8.96. The number of rotatable bonds is 4. The van der Waals surface area contributed by atoms with E-state index in [1.165, 1.54) is 0 Å². The third-order valence-corrected chi connectivity index (χ3v) is 1.97. The van der Waals surface area contributed by atoms with Gasteiger partial charge in [0.25, 0.3) is 0 Å². The van der Waals surface area contributed by atoms with Gasteiger partial charge in [-0.25, -0.2) is 0 Å². The summed E-state index contributed by atoms with van der Waals surface area (Å²) < 4.78 is 1.97. The minimum atomic E-state index is 0.00569. The Kier molecular flexibility index (Phi) is 3.73. The molecule has 0 saturated carbocycles. The van der Waals surface area contributed by atoms with Crippen molar-refractivity contribution in [3.05, 3.63) is 29.6 Å². The van der Waals surface area contributed by atoms with Crippen LogP contribution in [0.5, 0.6) is 0 Å². The molecule has 0 fully saturated rings. The third kappa shape index (κ3) is 2.72. The molecule has 0 aliphatic rings. The molecular weight excluding hydrogens is 166 g/mol. The summed E-state index contributed by atoms with van der Waals surface area (Å²) in [5.74, 6) is 0. The van der Waals surface area contributed by atoms with E-state index in [4.69, 9.17) is 10.2 Å². The molecule has 0 aliphatic carbocycles. The first-order valence-corrected chi connectivity index (χ1v) is 4.30. The highest BCUT2D eigenvalue weighted by Crippen LogP contribution is 2.08. The summed E-state index contributed by atoms with van der Waals surface area (Å²) in [6.07, 6.45) is 4.37. The van der Waals surface area contributed by atoms with E-state index in [2.05, 4.69) is 0 Å². The molecular formula is C10H15NO2. The molecule has 0 aliphatic heterocycles. The SMILES string of the molecule is Cn1cccc1/C=C(\CO)CCO. The summed E-state index contributed by atoms with van der Waals surface area (Å²) in [7, 11) is 1.94. The first-order valence-electron chi connectivity index (χ1n) is 4.30. The van der Waals surface area contributed by atoms with E-state index in [1.807, 2.05) is 36.0 Å². The van der Waals surface area contributed by atoms with Crippen molar-refractivity contribution in [2.75, 3.05) is 13.2 Å². The molecule has 1 rings (SSSR count). The average molecular weight is 181 g/mol. The van der Waals surface area contributed by atoms with Gasteiger partial charge in [-0.3, -0.25) is 0 Å². The minimum absolute atomic E-state index is 0.00569. The number of hydrogen-bond donors (Lipinski definition) is 2. The smallest absolute Gasteiger partial charge is 0.0646 e. The Morgan fingerprint density at radius 1 is 1.54 bits per heavy atom. The lowest BCUT2D eigenvalue weighted by Gasteiger charge is -2.02. The van der Waals surface area contributed by atoms with Crippen LogP contribution >= 0.6 is 0 Å². The van der Waals surface area contributed by atoms with Crippen LogP contribution in [0.4, 0.5) is 0 Å². The van der Waals surface area contributed by atoms with E-state index in [1.54, 1.807) is 0 Å². The zero-order valence-electron chi connectivity index (χ0n) is 7.77. The highest BCUT2D eigenvalue weighted by molar-refractivity contribution is 5.49. The van der Waals surface area contributed by atoms with E-state index in [-0.39, 0.29) is 13.2 Å². The molecule has 1 aromatic heterocycles. The number of aryl methyl sites for hydroxylation is 1. The number of hydrogen-bond acceptors (Lipinski definition) is 2. The predicted molar refractivity (Wildman–Crippen MR) is 52.2 cm³/mol. The van der Waals surface area contributed by atoms with Gasteiger partial charge in [-0.15, -0.1) is 0 Å². The standard InChI is InChI=1S/C10H15NO2/c1-11-5-2-3-10(11)7-9(8-13)4-6-12/h2-3,5,7,12-13H,4,6,8H2,1H3/b9-7-. The first kappa shape index (κ1) is 10.0. The Labute approximate surface area is 77.9 Å². The van der Waals surface area contributed by atoms with Crippen molar-refractivity contribution in [3.63, 3.8) is 0 Å². The van der Waals surface area contributed by atoms with Gasteiger partial charge in [0, 0.05) is 25.5 Å². The molecule has 1 heterocycles. The van der Waals surface area contributed by atoms with Crippen LogP contribution in [0.2, 0.25) is 0 Å². The Morgan fingerprint density at radius 3 is 2.77 bits per heavy atom. The molecule has 2 N–H and O–H groups in total. The van der Waals surface area contributed by atoms with Gasteiger partial charge in [0.1, 0.15) is 0 Å². The lowest BCUT2D eigenvalue weighted by Crippen LogP contribution is -1.96. The van der Waals surface area contributed by atoms with Crippen molar-refractivity contribution >= 4 is 6.08 Å². The summed E-state index contributed by atoms with van der Waals surface area (Å²) in [6, 6.07) is 3.91. The molecule has 0 unspecified atom stereocenters. The van der Waals surface area contributed by atoms with Gasteiger partial charge in [0.15, 0.2) is 0 Å². The molecule has 0 bridgehead atoms. The topological polar surface area (TPSA) is 45.4 Å². The van der Waals surface area contributed by atoms with Crippen LogP contribution in [0.25, 0.3) is 6.08 Å². The summed E-state index contributed by atoms with van der Waals surface area (Å²) in [6.45, 7) is 0.0859. The maximum Gasteiger partial charge on any atom is 0.0646 e. The van der Waals surface area contributed by atoms with Gasteiger partial charge in [0.2, 0.25) is 0 Å². The van der Waals surface area contributed by atoms with Crippen molar-refractivity contribution in [2.24, 2.45) is 7.05 Å². The normalized spacial score (nSPS) is 12.1. The van der Waals surface area contributed by atoms with Gasteiger partial charge in [-0.05, 0) is 30.2 Å². The molecule has 13 heavy (non-hydrogen) atoms. The maximum atomic E-state index is 8.96. The Morgan fingerprint density at radius 2 is 2.31 bits per heavy atom. The summed E-state index contributed by atoms with van der Waals surface area (Å²) in [5.41, 5.74) is 1.89. The van der Waals surface area contributed by atoms with Crippen molar-refractivity contribution < 1.29 is 10.2 Å². The molecule has 0 radical (unpaired) electrons. The number of aliphatic hydroxyl groups is 2. The zero-order valence-corrected chi connectivity index (χ0v) is 7.77. The monoisotopic (exact) mass is 181 g/mol. The van der Waals surface area contributed by atoms with Crippen molar-refractivity contribution in [2.45, 2.75) is 6.42 Å². The van der Waals surface area contributed by atoms with Gasteiger partial charge in [-0.1, -0.05) is 0 Å². The molecule has 0 aromatic carbocycles. The zero-order chi connectivity index (χ0) is 9.68. The highest BCUT2D eigenvalue weighted by atomic mass is 16.3. The van der Waals surface area contributed by atoms with Crippen LogP contribution in [0.1, 0.15) is 12.1 Å². The number of aromatic nitrogens is 1. The quantitative estimate of drug-likeness (QED) is 0.721. The van der Waals surface area contributed by atoms with Crippen LogP contribution < -0.4 is 0 Å². The molecule has 0 atom stereocenters. The van der Waals surface area contributed by atoms with Gasteiger partial charge in [-0.2, -0.15) is 0 Å². The predicted octanol–water partition coefficient (Wildman–Crippen LogP) is 0.783. The molecule has 0 saturated heterocycles. The van der Waals surface area contributed by atoms with Crippen LogP contribution in [0.3, 0.4) is 0 Å². The Bertz CT molecular complexity index is 289. The van der Waals surface area contributed by atoms with Crippen molar-refractivity contribution in [1.82, 2.24) is 4.57 Å². The van der Waals surface area contributed by atoms with Gasteiger partial charge < -0.3 is 14.8 Å². The third-order valence-electron chi connectivity index (χ3n) is 1.97. The largest absolute Gasteiger partial charge is 0.396 e. The van der Waals surface area contributed by atoms with Crippen molar-refractivity contribution in [3.8, 4) is 0 Å². The molecule has 72 valence electrons. The van der Waals surface area contributed by atoms with E-state index in [0.29, 0.717) is 6.42 Å². The van der Waals surface area contributed by atoms with E-state index in [0.717, 1.165) is 11.3 Å². The van der Waals surface area contributed by atoms with Crippen molar-refractivity contribution in [1.29, 1.82) is 0 Å². The minimum Gasteiger partial charge on any atom is -0.396 e. The molecule has 3 heteroatoms. The van der Waals surface area contributed by atoms with Crippen LogP contribution in [-0.2, 0) is 7.05 Å². The second-order valence-corrected chi connectivity index (χ2v) is 2.98. The van der Waals surface area contributed by atoms with Gasteiger partial charge >= 0.3 is 0 Å². The lowest BCUT2D eigenvalue weighted by molar-refractivity contribution is 0.279. The lowest BCUT2D eigenvalue weighted by atomic mass is 10.2. The number of aliphatic hydroxyl groups excluding tert-OH is 2. The fourth-order valence-corrected chi connectivity index (χ4v) is 1.17. The summed E-state index contributed by atoms with van der Waals surface area (Å²) in [5, 5.41) is 17.7. The second-order valence-electron chi connectivity index (χ2n) is 2.98. The molecule has 1 aromatic rings. The Hall–Kier alpha value is -1.06. The number of nitrogens with zero attached hydrogens (tertiary/aromatic N) is 1. The Balaban J connectivity index is 2.78. The summed E-state index contributed by atoms with van der Waals surface area (Å²) in [4.78, 5) is 0. The fraction of sp³-hybridized carbons (Fsp3) is 0.400. The van der Waals surface area contributed by atoms with E-state index < -0.39 is 0 Å². The second kappa shape index (κ2) is 4.84. The summed E-state index contributed by atoms with van der Waals surface area (Å²) >= 11 is 0. The molecule has 0 amide bonds. The van der Waals surface area contributed by atoms with Gasteiger partial charge in [0.05, 0.1) is 6.61 Å². The molecule has 3 nitrogen and oxygen atoms in total. The molecule has 0 spiro atoms.